The lowest BCUT2D eigenvalue weighted by Crippen LogP contribution is -2.43. The molecule has 1 aliphatic heterocycles. The SMILES string of the molecule is CCOC(=O)[C@H](O)[C@H]1CCCN[C@H]1c1ccc(N)cc1. The van der Waals surface area contributed by atoms with Crippen LogP contribution < -0.4 is 11.1 Å². The lowest BCUT2D eigenvalue weighted by atomic mass is 9.82. The van der Waals surface area contributed by atoms with Gasteiger partial charge in [-0.2, -0.15) is 0 Å². The Morgan fingerprint density at radius 2 is 2.20 bits per heavy atom. The lowest BCUT2D eigenvalue weighted by Gasteiger charge is -2.35. The summed E-state index contributed by atoms with van der Waals surface area (Å²) in [6, 6.07) is 7.48. The van der Waals surface area contributed by atoms with Crippen LogP contribution in [-0.4, -0.2) is 30.3 Å². The number of aliphatic hydroxyl groups excluding tert-OH is 1. The summed E-state index contributed by atoms with van der Waals surface area (Å²) >= 11 is 0. The largest absolute Gasteiger partial charge is 0.464 e. The summed E-state index contributed by atoms with van der Waals surface area (Å²) < 4.78 is 4.92. The van der Waals surface area contributed by atoms with Crippen molar-refractivity contribution < 1.29 is 14.6 Å². The highest BCUT2D eigenvalue weighted by atomic mass is 16.5. The van der Waals surface area contributed by atoms with E-state index in [1.165, 1.54) is 0 Å². The van der Waals surface area contributed by atoms with Crippen LogP contribution >= 0.6 is 0 Å². The fourth-order valence-electron chi connectivity index (χ4n) is 2.72. The first-order valence-electron chi connectivity index (χ1n) is 7.07. The van der Waals surface area contributed by atoms with Gasteiger partial charge in [0.05, 0.1) is 6.61 Å². The Hall–Kier alpha value is -1.59. The molecule has 20 heavy (non-hydrogen) atoms. The highest BCUT2D eigenvalue weighted by molar-refractivity contribution is 5.75. The summed E-state index contributed by atoms with van der Waals surface area (Å²) in [5, 5.41) is 13.6. The average Bonchev–Trinajstić information content (AvgIpc) is 2.47. The number of anilines is 1. The highest BCUT2D eigenvalue weighted by Crippen LogP contribution is 2.32. The van der Waals surface area contributed by atoms with E-state index in [0.29, 0.717) is 5.69 Å². The lowest BCUT2D eigenvalue weighted by molar-refractivity contribution is -0.157. The second-order valence-electron chi connectivity index (χ2n) is 5.10. The van der Waals surface area contributed by atoms with Gasteiger partial charge in [0.2, 0.25) is 0 Å². The van der Waals surface area contributed by atoms with Crippen LogP contribution in [0.1, 0.15) is 31.4 Å². The zero-order valence-corrected chi connectivity index (χ0v) is 11.7. The zero-order valence-electron chi connectivity index (χ0n) is 11.7. The van der Waals surface area contributed by atoms with E-state index in [0.717, 1.165) is 24.9 Å². The molecule has 110 valence electrons. The second kappa shape index (κ2) is 6.72. The summed E-state index contributed by atoms with van der Waals surface area (Å²) in [6.07, 6.45) is 0.638. The number of carbonyl (C=O) groups excluding carboxylic acids is 1. The number of nitrogens with one attached hydrogen (secondary N) is 1. The molecule has 1 aromatic carbocycles. The van der Waals surface area contributed by atoms with Crippen LogP contribution in [0.25, 0.3) is 0 Å². The first-order valence-corrected chi connectivity index (χ1v) is 7.07. The van der Waals surface area contributed by atoms with Gasteiger partial charge in [-0.05, 0) is 44.0 Å². The summed E-state index contributed by atoms with van der Waals surface area (Å²) in [7, 11) is 0. The van der Waals surface area contributed by atoms with Crippen molar-refractivity contribution in [1.82, 2.24) is 5.32 Å². The molecule has 5 heteroatoms. The number of aliphatic hydroxyl groups is 1. The van der Waals surface area contributed by atoms with Gasteiger partial charge in [0.15, 0.2) is 6.10 Å². The van der Waals surface area contributed by atoms with E-state index >= 15 is 0 Å². The topological polar surface area (TPSA) is 84.6 Å². The number of rotatable bonds is 4. The number of benzene rings is 1. The molecule has 4 N–H and O–H groups in total. The maximum atomic E-state index is 11.8. The molecule has 1 aliphatic rings. The molecule has 0 bridgehead atoms. The van der Waals surface area contributed by atoms with Crippen molar-refractivity contribution >= 4 is 11.7 Å². The monoisotopic (exact) mass is 278 g/mol. The van der Waals surface area contributed by atoms with E-state index in [1.807, 2.05) is 24.3 Å². The smallest absolute Gasteiger partial charge is 0.335 e. The summed E-state index contributed by atoms with van der Waals surface area (Å²) in [5.41, 5.74) is 7.43. The maximum Gasteiger partial charge on any atom is 0.335 e. The van der Waals surface area contributed by atoms with Crippen molar-refractivity contribution in [3.05, 3.63) is 29.8 Å². The van der Waals surface area contributed by atoms with E-state index < -0.39 is 12.1 Å². The summed E-state index contributed by atoms with van der Waals surface area (Å²) in [5.74, 6) is -0.715. The fourth-order valence-corrected chi connectivity index (χ4v) is 2.72. The first-order chi connectivity index (χ1) is 9.63. The molecule has 0 aromatic heterocycles. The first kappa shape index (κ1) is 14.8. The third-order valence-electron chi connectivity index (χ3n) is 3.74. The maximum absolute atomic E-state index is 11.8. The Morgan fingerprint density at radius 1 is 1.50 bits per heavy atom. The van der Waals surface area contributed by atoms with E-state index in [1.54, 1.807) is 6.92 Å². The van der Waals surface area contributed by atoms with Gasteiger partial charge in [-0.1, -0.05) is 12.1 Å². The third-order valence-corrected chi connectivity index (χ3v) is 3.74. The van der Waals surface area contributed by atoms with Gasteiger partial charge in [0.1, 0.15) is 0 Å². The van der Waals surface area contributed by atoms with Crippen molar-refractivity contribution in [2.75, 3.05) is 18.9 Å². The van der Waals surface area contributed by atoms with E-state index in [9.17, 15) is 9.90 Å². The number of hydrogen-bond acceptors (Lipinski definition) is 5. The molecule has 0 radical (unpaired) electrons. The summed E-state index contributed by atoms with van der Waals surface area (Å²) in [4.78, 5) is 11.8. The molecule has 1 heterocycles. The van der Waals surface area contributed by atoms with Crippen molar-refractivity contribution in [3.8, 4) is 0 Å². The number of esters is 1. The molecule has 5 nitrogen and oxygen atoms in total. The number of ether oxygens (including phenoxy) is 1. The molecule has 0 aliphatic carbocycles. The number of hydrogen-bond donors (Lipinski definition) is 3. The van der Waals surface area contributed by atoms with Gasteiger partial charge in [-0.3, -0.25) is 0 Å². The van der Waals surface area contributed by atoms with Crippen molar-refractivity contribution in [2.45, 2.75) is 31.9 Å². The standard InChI is InChI=1S/C15H22N2O3/c1-2-20-15(19)14(18)12-4-3-9-17-13(12)10-5-7-11(16)8-6-10/h5-8,12-14,17-18H,2-4,9,16H2,1H3/t12-,13-,14+/m0/s1. The second-order valence-corrected chi connectivity index (χ2v) is 5.10. The van der Waals surface area contributed by atoms with Crippen LogP contribution in [0.15, 0.2) is 24.3 Å². The van der Waals surface area contributed by atoms with E-state index in [-0.39, 0.29) is 18.6 Å². The molecular formula is C15H22N2O3. The van der Waals surface area contributed by atoms with E-state index in [2.05, 4.69) is 5.32 Å². The van der Waals surface area contributed by atoms with Crippen LogP contribution in [0.3, 0.4) is 0 Å². The molecular weight excluding hydrogens is 256 g/mol. The van der Waals surface area contributed by atoms with E-state index in [4.69, 9.17) is 10.5 Å². The predicted molar refractivity (Wildman–Crippen MR) is 77.0 cm³/mol. The van der Waals surface area contributed by atoms with Crippen LogP contribution in [0.5, 0.6) is 0 Å². The Kier molecular flexibility index (Phi) is 4.98. The Balaban J connectivity index is 2.16. The fraction of sp³-hybridized carbons (Fsp3) is 0.533. The van der Waals surface area contributed by atoms with Crippen LogP contribution in [0.2, 0.25) is 0 Å². The molecule has 0 unspecified atom stereocenters. The molecule has 3 atom stereocenters. The normalized spacial score (nSPS) is 24.1. The number of nitrogens with two attached hydrogens (primary N) is 1. The quantitative estimate of drug-likeness (QED) is 0.570. The molecule has 0 spiro atoms. The molecule has 2 rings (SSSR count). The van der Waals surface area contributed by atoms with Gasteiger partial charge < -0.3 is 20.9 Å². The minimum atomic E-state index is -1.09. The van der Waals surface area contributed by atoms with Gasteiger partial charge in [0.25, 0.3) is 0 Å². The zero-order chi connectivity index (χ0) is 14.5. The molecule has 0 saturated carbocycles. The number of piperidine rings is 1. The minimum absolute atomic E-state index is 0.0521. The molecule has 0 amide bonds. The van der Waals surface area contributed by atoms with Gasteiger partial charge in [0, 0.05) is 17.6 Å². The van der Waals surface area contributed by atoms with Crippen LogP contribution in [0.4, 0.5) is 5.69 Å². The van der Waals surface area contributed by atoms with Gasteiger partial charge in [-0.15, -0.1) is 0 Å². The Morgan fingerprint density at radius 3 is 2.85 bits per heavy atom. The highest BCUT2D eigenvalue weighted by Gasteiger charge is 2.36. The Bertz CT molecular complexity index is 447. The van der Waals surface area contributed by atoms with Crippen LogP contribution in [0, 0.1) is 5.92 Å². The molecule has 1 fully saturated rings. The molecule has 1 aromatic rings. The van der Waals surface area contributed by atoms with Crippen LogP contribution in [-0.2, 0) is 9.53 Å². The van der Waals surface area contributed by atoms with Gasteiger partial charge in [-0.25, -0.2) is 4.79 Å². The van der Waals surface area contributed by atoms with Crippen molar-refractivity contribution in [3.63, 3.8) is 0 Å². The van der Waals surface area contributed by atoms with Crippen molar-refractivity contribution in [1.29, 1.82) is 0 Å². The van der Waals surface area contributed by atoms with Crippen molar-refractivity contribution in [2.24, 2.45) is 5.92 Å². The predicted octanol–water partition coefficient (Wildman–Crippen LogP) is 1.23. The average molecular weight is 278 g/mol. The summed E-state index contributed by atoms with van der Waals surface area (Å²) in [6.45, 7) is 2.89. The molecule has 1 saturated heterocycles. The Labute approximate surface area is 119 Å². The minimum Gasteiger partial charge on any atom is -0.464 e. The third kappa shape index (κ3) is 3.29. The number of nitrogen functional groups attached to an aromatic ring is 1. The number of carbonyl (C=O) groups is 1. The van der Waals surface area contributed by atoms with Gasteiger partial charge >= 0.3 is 5.97 Å².